The second kappa shape index (κ2) is 10.9. The minimum atomic E-state index is -0.575. The summed E-state index contributed by atoms with van der Waals surface area (Å²) in [5, 5.41) is 7.48. The summed E-state index contributed by atoms with van der Waals surface area (Å²) in [6.45, 7) is 4.20. The van der Waals surface area contributed by atoms with Crippen LogP contribution in [-0.2, 0) is 20.9 Å². The highest BCUT2D eigenvalue weighted by Gasteiger charge is 2.11. The van der Waals surface area contributed by atoms with Crippen LogP contribution in [0.4, 0.5) is 0 Å². The van der Waals surface area contributed by atoms with Crippen molar-refractivity contribution in [3.8, 4) is 11.3 Å². The number of nitrogens with one attached hydrogen (secondary N) is 1. The van der Waals surface area contributed by atoms with Crippen LogP contribution >= 0.6 is 0 Å². The van der Waals surface area contributed by atoms with Crippen LogP contribution in [0.25, 0.3) is 17.3 Å². The predicted octanol–water partition coefficient (Wildman–Crippen LogP) is 4.07. The van der Waals surface area contributed by atoms with E-state index < -0.39 is 5.97 Å². The van der Waals surface area contributed by atoms with E-state index in [0.717, 1.165) is 28.8 Å². The molecule has 0 aliphatic carbocycles. The van der Waals surface area contributed by atoms with E-state index in [1.165, 1.54) is 6.08 Å². The SMILES string of the molecule is CC[C@H](C)NC(=O)COC(=O)/C=C/c1cn(Cc2ccccc2)nc1-c1ccccc1. The molecule has 2 aromatic carbocycles. The van der Waals surface area contributed by atoms with Gasteiger partial charge >= 0.3 is 5.97 Å². The Bertz CT molecular complexity index is 1030. The van der Waals surface area contributed by atoms with Gasteiger partial charge in [-0.05, 0) is 25.0 Å². The molecule has 0 spiro atoms. The lowest BCUT2D eigenvalue weighted by atomic mass is 10.1. The number of esters is 1. The lowest BCUT2D eigenvalue weighted by Gasteiger charge is -2.10. The van der Waals surface area contributed by atoms with E-state index in [1.807, 2.05) is 85.4 Å². The lowest BCUT2D eigenvalue weighted by molar-refractivity contribution is -0.144. The summed E-state index contributed by atoms with van der Waals surface area (Å²) in [6, 6.07) is 19.9. The first kappa shape index (κ1) is 22.0. The largest absolute Gasteiger partial charge is 0.452 e. The predicted molar refractivity (Wildman–Crippen MR) is 121 cm³/mol. The van der Waals surface area contributed by atoms with Crippen LogP contribution in [0.15, 0.2) is 72.9 Å². The third kappa shape index (κ3) is 6.67. The van der Waals surface area contributed by atoms with Crippen molar-refractivity contribution in [2.75, 3.05) is 6.61 Å². The highest BCUT2D eigenvalue weighted by atomic mass is 16.5. The smallest absolute Gasteiger partial charge is 0.331 e. The molecule has 1 aromatic heterocycles. The van der Waals surface area contributed by atoms with Gasteiger partial charge in [-0.15, -0.1) is 0 Å². The van der Waals surface area contributed by atoms with Crippen LogP contribution in [0.2, 0.25) is 0 Å². The molecule has 3 rings (SSSR count). The third-order valence-corrected chi connectivity index (χ3v) is 4.79. The third-order valence-electron chi connectivity index (χ3n) is 4.79. The summed E-state index contributed by atoms with van der Waals surface area (Å²) in [5.41, 5.74) is 3.65. The molecule has 1 N–H and O–H groups in total. The van der Waals surface area contributed by atoms with Crippen molar-refractivity contribution in [2.24, 2.45) is 0 Å². The Labute approximate surface area is 182 Å². The highest BCUT2D eigenvalue weighted by molar-refractivity contribution is 5.90. The molecule has 0 saturated carbocycles. The van der Waals surface area contributed by atoms with Gasteiger partial charge < -0.3 is 10.1 Å². The van der Waals surface area contributed by atoms with E-state index in [1.54, 1.807) is 6.08 Å². The molecule has 1 atom stereocenters. The molecule has 0 bridgehead atoms. The molecule has 31 heavy (non-hydrogen) atoms. The Balaban J connectivity index is 1.72. The molecule has 1 amide bonds. The molecule has 0 aliphatic rings. The topological polar surface area (TPSA) is 73.2 Å². The van der Waals surface area contributed by atoms with Gasteiger partial charge in [-0.2, -0.15) is 5.10 Å². The van der Waals surface area contributed by atoms with Gasteiger partial charge in [-0.1, -0.05) is 67.6 Å². The van der Waals surface area contributed by atoms with Gasteiger partial charge in [0.05, 0.1) is 12.2 Å². The molecule has 6 nitrogen and oxygen atoms in total. The van der Waals surface area contributed by atoms with Crippen LogP contribution < -0.4 is 5.32 Å². The summed E-state index contributed by atoms with van der Waals surface area (Å²) in [5.74, 6) is -0.883. The van der Waals surface area contributed by atoms with Crippen LogP contribution in [0, 0.1) is 0 Å². The van der Waals surface area contributed by atoms with Crippen molar-refractivity contribution >= 4 is 18.0 Å². The zero-order valence-electron chi connectivity index (χ0n) is 17.8. The number of carbonyl (C=O) groups excluding carboxylic acids is 2. The first-order valence-electron chi connectivity index (χ1n) is 10.4. The number of nitrogens with zero attached hydrogens (tertiary/aromatic N) is 2. The molecule has 0 aliphatic heterocycles. The molecule has 0 unspecified atom stereocenters. The minimum absolute atomic E-state index is 0.0469. The van der Waals surface area contributed by atoms with Crippen molar-refractivity contribution in [1.82, 2.24) is 15.1 Å². The monoisotopic (exact) mass is 417 g/mol. The molecule has 1 heterocycles. The van der Waals surface area contributed by atoms with Crippen LogP contribution in [0.1, 0.15) is 31.4 Å². The Hall–Kier alpha value is -3.67. The zero-order valence-corrected chi connectivity index (χ0v) is 17.8. The van der Waals surface area contributed by atoms with E-state index in [2.05, 4.69) is 5.32 Å². The second-order valence-corrected chi connectivity index (χ2v) is 7.30. The van der Waals surface area contributed by atoms with Crippen LogP contribution in [0.5, 0.6) is 0 Å². The molecule has 0 fully saturated rings. The number of amides is 1. The number of rotatable bonds is 9. The fourth-order valence-electron chi connectivity index (χ4n) is 2.99. The van der Waals surface area contributed by atoms with Gasteiger partial charge in [0.2, 0.25) is 0 Å². The van der Waals surface area contributed by atoms with Crippen molar-refractivity contribution in [2.45, 2.75) is 32.9 Å². The highest BCUT2D eigenvalue weighted by Crippen LogP contribution is 2.23. The maximum atomic E-state index is 12.1. The van der Waals surface area contributed by atoms with E-state index >= 15 is 0 Å². The van der Waals surface area contributed by atoms with E-state index in [-0.39, 0.29) is 18.6 Å². The fourth-order valence-corrected chi connectivity index (χ4v) is 2.99. The van der Waals surface area contributed by atoms with Crippen LogP contribution in [-0.4, -0.2) is 34.3 Å². The molecule has 0 radical (unpaired) electrons. The first-order chi connectivity index (χ1) is 15.0. The number of hydrogen-bond acceptors (Lipinski definition) is 4. The Morgan fingerprint density at radius 2 is 1.77 bits per heavy atom. The van der Waals surface area contributed by atoms with Crippen molar-refractivity contribution < 1.29 is 14.3 Å². The average Bonchev–Trinajstić information content (AvgIpc) is 3.20. The Morgan fingerprint density at radius 3 is 2.45 bits per heavy atom. The van der Waals surface area contributed by atoms with Gasteiger partial charge in [-0.25, -0.2) is 4.79 Å². The van der Waals surface area contributed by atoms with Crippen molar-refractivity contribution in [3.63, 3.8) is 0 Å². The molecule has 3 aromatic rings. The summed E-state index contributed by atoms with van der Waals surface area (Å²) >= 11 is 0. The number of hydrogen-bond donors (Lipinski definition) is 1. The Kier molecular flexibility index (Phi) is 7.76. The molecular weight excluding hydrogens is 390 g/mol. The first-order valence-corrected chi connectivity index (χ1v) is 10.4. The maximum absolute atomic E-state index is 12.1. The van der Waals surface area contributed by atoms with E-state index in [4.69, 9.17) is 9.84 Å². The quantitative estimate of drug-likeness (QED) is 0.421. The van der Waals surface area contributed by atoms with Gasteiger partial charge in [0, 0.05) is 29.4 Å². The van der Waals surface area contributed by atoms with E-state index in [9.17, 15) is 9.59 Å². The molecule has 0 saturated heterocycles. The standard InChI is InChI=1S/C25H27N3O3/c1-3-19(2)26-23(29)18-31-24(30)15-14-22-17-28(16-20-10-6-4-7-11-20)27-25(22)21-12-8-5-9-13-21/h4-15,17,19H,3,16,18H2,1-2H3,(H,26,29)/b15-14+/t19-/m0/s1. The van der Waals surface area contributed by atoms with Gasteiger partial charge in [0.1, 0.15) is 0 Å². The summed E-state index contributed by atoms with van der Waals surface area (Å²) in [6.07, 6.45) is 5.71. The van der Waals surface area contributed by atoms with Gasteiger partial charge in [-0.3, -0.25) is 9.48 Å². The average molecular weight is 418 g/mol. The van der Waals surface area contributed by atoms with Gasteiger partial charge in [0.15, 0.2) is 6.61 Å². The number of aromatic nitrogens is 2. The maximum Gasteiger partial charge on any atom is 0.331 e. The molecule has 6 heteroatoms. The normalized spacial score (nSPS) is 11.9. The van der Waals surface area contributed by atoms with Crippen molar-refractivity contribution in [3.05, 3.63) is 84.1 Å². The Morgan fingerprint density at radius 1 is 1.10 bits per heavy atom. The lowest BCUT2D eigenvalue weighted by Crippen LogP contribution is -2.35. The summed E-state index contributed by atoms with van der Waals surface area (Å²) < 4.78 is 6.90. The minimum Gasteiger partial charge on any atom is -0.452 e. The second-order valence-electron chi connectivity index (χ2n) is 7.30. The molecular formula is C25H27N3O3. The number of benzene rings is 2. The summed E-state index contributed by atoms with van der Waals surface area (Å²) in [7, 11) is 0. The van der Waals surface area contributed by atoms with Crippen molar-refractivity contribution in [1.29, 1.82) is 0 Å². The number of ether oxygens (including phenoxy) is 1. The summed E-state index contributed by atoms with van der Waals surface area (Å²) in [4.78, 5) is 23.9. The number of carbonyl (C=O) groups is 2. The zero-order chi connectivity index (χ0) is 22.1. The van der Waals surface area contributed by atoms with Gasteiger partial charge in [0.25, 0.3) is 5.91 Å². The fraction of sp³-hybridized carbons (Fsp3) is 0.240. The van der Waals surface area contributed by atoms with E-state index in [0.29, 0.717) is 6.54 Å². The molecule has 160 valence electrons. The van der Waals surface area contributed by atoms with Crippen LogP contribution in [0.3, 0.4) is 0 Å².